The Kier molecular flexibility index (Phi) is 6.34. The van der Waals surface area contributed by atoms with E-state index in [1.165, 1.54) is 0 Å². The van der Waals surface area contributed by atoms with Crippen molar-refractivity contribution in [3.8, 4) is 6.07 Å². The van der Waals surface area contributed by atoms with E-state index in [1.807, 2.05) is 66.2 Å². The van der Waals surface area contributed by atoms with Crippen molar-refractivity contribution in [2.45, 2.75) is 13.5 Å². The third-order valence-corrected chi connectivity index (χ3v) is 5.55. The highest BCUT2D eigenvalue weighted by Crippen LogP contribution is 2.24. The number of carbonyl (C=O) groups is 2. The molecule has 2 aromatic carbocycles. The van der Waals surface area contributed by atoms with Gasteiger partial charge in [0, 0.05) is 41.4 Å². The molecule has 32 heavy (non-hydrogen) atoms. The number of fused-ring (bicyclic) bond motifs is 1. The number of nitrogens with one attached hydrogen (secondary N) is 1. The topological polar surface area (TPSA) is 87.4 Å². The van der Waals surface area contributed by atoms with Gasteiger partial charge in [-0.15, -0.1) is 0 Å². The summed E-state index contributed by atoms with van der Waals surface area (Å²) in [6, 6.07) is 17.1. The number of ether oxygens (including phenoxy) is 1. The van der Waals surface area contributed by atoms with Gasteiger partial charge >= 0.3 is 0 Å². The van der Waals surface area contributed by atoms with Gasteiger partial charge in [-0.2, -0.15) is 5.26 Å². The second-order valence-electron chi connectivity index (χ2n) is 7.66. The van der Waals surface area contributed by atoms with Crippen molar-refractivity contribution in [1.29, 1.82) is 5.26 Å². The van der Waals surface area contributed by atoms with Crippen LogP contribution in [0, 0.1) is 18.3 Å². The lowest BCUT2D eigenvalue weighted by molar-refractivity contribution is -0.135. The van der Waals surface area contributed by atoms with Crippen LogP contribution in [0.2, 0.25) is 0 Å². The number of nitriles is 1. The Balaban J connectivity index is 1.62. The minimum Gasteiger partial charge on any atom is -0.378 e. The van der Waals surface area contributed by atoms with Gasteiger partial charge in [-0.1, -0.05) is 36.4 Å². The van der Waals surface area contributed by atoms with Crippen LogP contribution in [0.15, 0.2) is 60.3 Å². The van der Waals surface area contributed by atoms with Crippen molar-refractivity contribution in [2.75, 3.05) is 31.6 Å². The van der Waals surface area contributed by atoms with Crippen LogP contribution >= 0.6 is 0 Å². The summed E-state index contributed by atoms with van der Waals surface area (Å²) in [5.74, 6) is -0.453. The molecule has 1 aromatic heterocycles. The standard InChI is InChI=1S/C25H24N4O3/c1-18-6-2-4-8-22(18)27-25(31)19(15-26)14-20-16-29(23-9-5-3-7-21(20)23)17-24(30)28-10-12-32-13-11-28/h2-9,14,16H,10-13,17H2,1H3,(H,27,31). The summed E-state index contributed by atoms with van der Waals surface area (Å²) in [7, 11) is 0. The van der Waals surface area contributed by atoms with E-state index in [0.717, 1.165) is 16.5 Å². The highest BCUT2D eigenvalue weighted by molar-refractivity contribution is 6.11. The Morgan fingerprint density at radius 1 is 1.12 bits per heavy atom. The van der Waals surface area contributed by atoms with Gasteiger partial charge in [-0.25, -0.2) is 0 Å². The van der Waals surface area contributed by atoms with E-state index in [0.29, 0.717) is 37.6 Å². The third kappa shape index (κ3) is 4.56. The number of anilines is 1. The number of aromatic nitrogens is 1. The molecule has 3 aromatic rings. The average molecular weight is 428 g/mol. The summed E-state index contributed by atoms with van der Waals surface area (Å²) in [5.41, 5.74) is 3.16. The van der Waals surface area contributed by atoms with Crippen LogP contribution in [0.25, 0.3) is 17.0 Å². The van der Waals surface area contributed by atoms with Crippen molar-refractivity contribution in [2.24, 2.45) is 0 Å². The van der Waals surface area contributed by atoms with E-state index in [4.69, 9.17) is 4.74 Å². The van der Waals surface area contributed by atoms with Crippen molar-refractivity contribution < 1.29 is 14.3 Å². The van der Waals surface area contributed by atoms with Crippen molar-refractivity contribution in [1.82, 2.24) is 9.47 Å². The molecule has 1 N–H and O–H groups in total. The molecule has 1 fully saturated rings. The number of hydrogen-bond donors (Lipinski definition) is 1. The maximum Gasteiger partial charge on any atom is 0.266 e. The minimum atomic E-state index is -0.469. The summed E-state index contributed by atoms with van der Waals surface area (Å²) in [6.07, 6.45) is 3.40. The molecule has 4 rings (SSSR count). The number of morpholine rings is 1. The lowest BCUT2D eigenvalue weighted by Gasteiger charge is -2.27. The van der Waals surface area contributed by atoms with Gasteiger partial charge in [0.05, 0.1) is 13.2 Å². The molecule has 0 radical (unpaired) electrons. The van der Waals surface area contributed by atoms with E-state index < -0.39 is 5.91 Å². The number of para-hydroxylation sites is 2. The van der Waals surface area contributed by atoms with Gasteiger partial charge in [0.25, 0.3) is 5.91 Å². The van der Waals surface area contributed by atoms with E-state index in [1.54, 1.807) is 17.0 Å². The Hall–Kier alpha value is -3.89. The second-order valence-corrected chi connectivity index (χ2v) is 7.66. The van der Waals surface area contributed by atoms with E-state index in [9.17, 15) is 14.9 Å². The zero-order valence-electron chi connectivity index (χ0n) is 17.9. The van der Waals surface area contributed by atoms with Gasteiger partial charge < -0.3 is 19.5 Å². The fourth-order valence-electron chi connectivity index (χ4n) is 3.79. The van der Waals surface area contributed by atoms with Gasteiger partial charge in [0.2, 0.25) is 5.91 Å². The Labute approximate surface area is 186 Å². The first-order chi connectivity index (χ1) is 15.6. The number of amides is 2. The zero-order chi connectivity index (χ0) is 22.5. The Morgan fingerprint density at radius 3 is 2.59 bits per heavy atom. The van der Waals surface area contributed by atoms with E-state index in [2.05, 4.69) is 5.32 Å². The first-order valence-electron chi connectivity index (χ1n) is 10.5. The fraction of sp³-hybridized carbons (Fsp3) is 0.240. The van der Waals surface area contributed by atoms with Crippen LogP contribution in [-0.2, 0) is 20.9 Å². The van der Waals surface area contributed by atoms with Crippen molar-refractivity contribution in [3.05, 3.63) is 71.4 Å². The number of nitrogens with zero attached hydrogens (tertiary/aromatic N) is 3. The van der Waals surface area contributed by atoms with Crippen LogP contribution in [0.3, 0.4) is 0 Å². The maximum atomic E-state index is 12.8. The first kappa shape index (κ1) is 21.3. The van der Waals surface area contributed by atoms with Crippen LogP contribution in [0.1, 0.15) is 11.1 Å². The molecule has 2 amide bonds. The van der Waals surface area contributed by atoms with E-state index >= 15 is 0 Å². The van der Waals surface area contributed by atoms with E-state index in [-0.39, 0.29) is 18.0 Å². The molecule has 0 saturated carbocycles. The Morgan fingerprint density at radius 2 is 1.84 bits per heavy atom. The molecule has 0 bridgehead atoms. The molecule has 0 unspecified atom stereocenters. The number of aryl methyl sites for hydroxylation is 1. The monoisotopic (exact) mass is 428 g/mol. The Bertz CT molecular complexity index is 1230. The van der Waals surface area contributed by atoms with Crippen LogP contribution in [-0.4, -0.2) is 47.6 Å². The molecule has 0 aliphatic carbocycles. The maximum absolute atomic E-state index is 12.8. The van der Waals surface area contributed by atoms with Crippen LogP contribution < -0.4 is 5.32 Å². The summed E-state index contributed by atoms with van der Waals surface area (Å²) >= 11 is 0. The average Bonchev–Trinajstić information content (AvgIpc) is 3.16. The summed E-state index contributed by atoms with van der Waals surface area (Å²) in [6.45, 7) is 4.35. The number of carbonyl (C=O) groups excluding carboxylic acids is 2. The third-order valence-electron chi connectivity index (χ3n) is 5.55. The zero-order valence-corrected chi connectivity index (χ0v) is 17.9. The van der Waals surface area contributed by atoms with Crippen molar-refractivity contribution in [3.63, 3.8) is 0 Å². The molecule has 1 aliphatic heterocycles. The molecule has 7 heteroatoms. The quantitative estimate of drug-likeness (QED) is 0.499. The van der Waals surface area contributed by atoms with Gasteiger partial charge in [0.15, 0.2) is 0 Å². The molecular weight excluding hydrogens is 404 g/mol. The summed E-state index contributed by atoms with van der Waals surface area (Å²) in [4.78, 5) is 27.3. The van der Waals surface area contributed by atoms with Crippen LogP contribution in [0.5, 0.6) is 0 Å². The summed E-state index contributed by atoms with van der Waals surface area (Å²) < 4.78 is 7.19. The molecule has 162 valence electrons. The second kappa shape index (κ2) is 9.50. The predicted molar refractivity (Wildman–Crippen MR) is 123 cm³/mol. The molecule has 1 saturated heterocycles. The molecule has 1 aliphatic rings. The lowest BCUT2D eigenvalue weighted by Crippen LogP contribution is -2.42. The smallest absolute Gasteiger partial charge is 0.266 e. The molecule has 0 atom stereocenters. The van der Waals surface area contributed by atoms with Gasteiger partial charge in [-0.3, -0.25) is 9.59 Å². The largest absolute Gasteiger partial charge is 0.378 e. The SMILES string of the molecule is Cc1ccccc1NC(=O)C(C#N)=Cc1cn(CC(=O)N2CCOCC2)c2ccccc12. The normalized spacial score (nSPS) is 14.2. The number of rotatable bonds is 5. The van der Waals surface area contributed by atoms with Crippen LogP contribution in [0.4, 0.5) is 5.69 Å². The predicted octanol–water partition coefficient (Wildman–Crippen LogP) is 3.35. The van der Waals surface area contributed by atoms with Gasteiger partial charge in [0.1, 0.15) is 18.2 Å². The van der Waals surface area contributed by atoms with Crippen molar-refractivity contribution >= 4 is 34.5 Å². The number of hydrogen-bond acceptors (Lipinski definition) is 4. The highest BCUT2D eigenvalue weighted by atomic mass is 16.5. The molecular formula is C25H24N4O3. The summed E-state index contributed by atoms with van der Waals surface area (Å²) in [5, 5.41) is 13.3. The number of benzene rings is 2. The first-order valence-corrected chi connectivity index (χ1v) is 10.5. The molecule has 0 spiro atoms. The highest BCUT2D eigenvalue weighted by Gasteiger charge is 2.19. The fourth-order valence-corrected chi connectivity index (χ4v) is 3.79. The minimum absolute atomic E-state index is 0.00402. The molecule has 7 nitrogen and oxygen atoms in total. The van der Waals surface area contributed by atoms with Gasteiger partial charge in [-0.05, 0) is 30.7 Å². The lowest BCUT2D eigenvalue weighted by atomic mass is 10.1. The molecule has 2 heterocycles.